The highest BCUT2D eigenvalue weighted by molar-refractivity contribution is 6.00. The summed E-state index contributed by atoms with van der Waals surface area (Å²) in [6.45, 7) is 5.91. The molecule has 0 aromatic heterocycles. The number of piperazine rings is 2. The Bertz CT molecular complexity index is 1700. The minimum atomic E-state index is -4.77. The third-order valence-corrected chi connectivity index (χ3v) is 8.70. The van der Waals surface area contributed by atoms with Gasteiger partial charge >= 0.3 is 12.4 Å². The molecule has 3 aliphatic rings. The second-order valence-corrected chi connectivity index (χ2v) is 11.9. The van der Waals surface area contributed by atoms with E-state index in [1.54, 1.807) is 15.9 Å². The van der Waals surface area contributed by atoms with E-state index in [4.69, 9.17) is 4.74 Å². The zero-order valence-corrected chi connectivity index (χ0v) is 27.1. The van der Waals surface area contributed by atoms with Crippen molar-refractivity contribution in [1.29, 1.82) is 0 Å². The first-order valence-electron chi connectivity index (χ1n) is 16.0. The van der Waals surface area contributed by atoms with Gasteiger partial charge in [0.2, 0.25) is 0 Å². The summed E-state index contributed by atoms with van der Waals surface area (Å²) in [7, 11) is 0. The molecule has 3 aliphatic heterocycles. The van der Waals surface area contributed by atoms with Gasteiger partial charge in [-0.1, -0.05) is 0 Å². The Hall–Kier alpha value is -4.71. The van der Waals surface area contributed by atoms with Gasteiger partial charge in [0.25, 0.3) is 11.6 Å². The number of halogens is 8. The van der Waals surface area contributed by atoms with Crippen LogP contribution in [0.5, 0.6) is 0 Å². The van der Waals surface area contributed by atoms with E-state index in [9.17, 15) is 50.0 Å². The Morgan fingerprint density at radius 3 is 1.67 bits per heavy atom. The molecule has 1 amide bonds. The van der Waals surface area contributed by atoms with E-state index < -0.39 is 40.0 Å². The van der Waals surface area contributed by atoms with E-state index in [-0.39, 0.29) is 43.3 Å². The summed E-state index contributed by atoms with van der Waals surface area (Å²) in [6.07, 6.45) is -9.41. The molecule has 0 unspecified atom stereocenters. The van der Waals surface area contributed by atoms with Gasteiger partial charge in [0.05, 0.1) is 40.5 Å². The number of rotatable bonds is 5. The van der Waals surface area contributed by atoms with Gasteiger partial charge in [0, 0.05) is 89.0 Å². The number of hydrogen-bond donors (Lipinski definition) is 1. The molecular formula is C33H34F8N6O4. The van der Waals surface area contributed by atoms with Gasteiger partial charge < -0.3 is 29.7 Å². The number of nitro groups is 1. The molecule has 0 atom stereocenters. The van der Waals surface area contributed by atoms with Gasteiger partial charge in [-0.15, -0.1) is 0 Å². The van der Waals surface area contributed by atoms with E-state index in [1.165, 1.54) is 24.3 Å². The first kappa shape index (κ1) is 37.5. The smallest absolute Gasteiger partial charge is 0.378 e. The maximum absolute atomic E-state index is 14.0. The standard InChI is InChI=1S/C22H22F4N4O4.C11H12F4N2/c23-19-14-15(1-3-18(19)22(24,25)26)27-5-7-29(8-6-27)21(31)17-13-16(30(32)33)2-4-20(17)28-9-11-34-12-10-28;12-10-7-8(17-5-3-16-4-6-17)1-2-9(10)11(13,14)15/h1-4,13-14H,5-12H2;1-2,7,16H,3-6H2. The lowest BCUT2D eigenvalue weighted by molar-refractivity contribution is -0.384. The third-order valence-electron chi connectivity index (χ3n) is 8.70. The van der Waals surface area contributed by atoms with Crippen LogP contribution >= 0.6 is 0 Å². The number of hydrogen-bond acceptors (Lipinski definition) is 8. The van der Waals surface area contributed by atoms with Gasteiger partial charge in [-0.25, -0.2) is 8.78 Å². The van der Waals surface area contributed by atoms with Crippen LogP contribution < -0.4 is 20.0 Å². The van der Waals surface area contributed by atoms with Crippen molar-refractivity contribution in [2.24, 2.45) is 0 Å². The van der Waals surface area contributed by atoms with Crippen LogP contribution in [0, 0.1) is 21.7 Å². The Morgan fingerprint density at radius 2 is 1.20 bits per heavy atom. The van der Waals surface area contributed by atoms with E-state index in [0.29, 0.717) is 62.5 Å². The summed E-state index contributed by atoms with van der Waals surface area (Å²) in [4.78, 5) is 31.1. The van der Waals surface area contributed by atoms with E-state index in [1.807, 2.05) is 9.80 Å². The number of nitrogens with one attached hydrogen (secondary N) is 1. The maximum Gasteiger partial charge on any atom is 0.419 e. The molecule has 0 radical (unpaired) electrons. The summed E-state index contributed by atoms with van der Waals surface area (Å²) in [5.74, 6) is -2.94. The van der Waals surface area contributed by atoms with Gasteiger partial charge in [-0.3, -0.25) is 14.9 Å². The molecule has 18 heteroatoms. The molecule has 10 nitrogen and oxygen atoms in total. The lowest BCUT2D eigenvalue weighted by Crippen LogP contribution is -2.49. The maximum atomic E-state index is 14.0. The number of nitrogens with zero attached hydrogens (tertiary/aromatic N) is 5. The van der Waals surface area contributed by atoms with Crippen molar-refractivity contribution in [1.82, 2.24) is 10.2 Å². The van der Waals surface area contributed by atoms with Crippen molar-refractivity contribution in [2.75, 3.05) is 93.4 Å². The van der Waals surface area contributed by atoms with Crippen LogP contribution in [0.15, 0.2) is 54.6 Å². The molecule has 1 N–H and O–H groups in total. The average Bonchev–Trinajstić information content (AvgIpc) is 3.11. The zero-order chi connectivity index (χ0) is 36.9. The van der Waals surface area contributed by atoms with Crippen LogP contribution in [0.2, 0.25) is 0 Å². The second kappa shape index (κ2) is 15.7. The second-order valence-electron chi connectivity index (χ2n) is 11.9. The predicted octanol–water partition coefficient (Wildman–Crippen LogP) is 5.81. The average molecular weight is 731 g/mol. The molecule has 3 saturated heterocycles. The molecule has 276 valence electrons. The fraction of sp³-hybridized carbons (Fsp3) is 0.424. The molecule has 0 saturated carbocycles. The van der Waals surface area contributed by atoms with Crippen molar-refractivity contribution in [3.63, 3.8) is 0 Å². The number of morpholine rings is 1. The van der Waals surface area contributed by atoms with Gasteiger partial charge in [0.15, 0.2) is 0 Å². The van der Waals surface area contributed by atoms with E-state index in [2.05, 4.69) is 5.32 Å². The summed E-state index contributed by atoms with van der Waals surface area (Å²) in [6, 6.07) is 10.0. The monoisotopic (exact) mass is 730 g/mol. The van der Waals surface area contributed by atoms with Crippen molar-refractivity contribution < 1.29 is 49.6 Å². The van der Waals surface area contributed by atoms with Crippen LogP contribution in [0.1, 0.15) is 21.5 Å². The van der Waals surface area contributed by atoms with Crippen LogP contribution in [0.3, 0.4) is 0 Å². The normalized spacial score (nSPS) is 17.2. The van der Waals surface area contributed by atoms with Crippen LogP contribution in [0.4, 0.5) is 57.9 Å². The van der Waals surface area contributed by atoms with Crippen molar-refractivity contribution in [2.45, 2.75) is 12.4 Å². The summed E-state index contributed by atoms with van der Waals surface area (Å²) in [5, 5.41) is 14.4. The Morgan fingerprint density at radius 1 is 0.686 bits per heavy atom. The number of benzene rings is 3. The lowest BCUT2D eigenvalue weighted by Gasteiger charge is -2.37. The van der Waals surface area contributed by atoms with Crippen LogP contribution in [-0.4, -0.2) is 94.4 Å². The highest BCUT2D eigenvalue weighted by Gasteiger charge is 2.35. The molecule has 3 heterocycles. The lowest BCUT2D eigenvalue weighted by atomic mass is 10.1. The minimum Gasteiger partial charge on any atom is -0.378 e. The molecule has 0 spiro atoms. The number of carbonyl (C=O) groups is 1. The minimum absolute atomic E-state index is 0.195. The summed E-state index contributed by atoms with van der Waals surface area (Å²) < 4.78 is 108. The SMILES string of the molecule is Fc1cc(N2CCNCC2)ccc1C(F)(F)F.O=C(c1cc([N+](=O)[O-])ccc1N1CCOCC1)N1CCN(c2ccc(C(F)(F)F)c(F)c2)CC1. The number of alkyl halides is 6. The number of anilines is 3. The summed E-state index contributed by atoms with van der Waals surface area (Å²) in [5.41, 5.74) is -1.14. The first-order chi connectivity index (χ1) is 24.1. The third kappa shape index (κ3) is 9.15. The topological polar surface area (TPSA) is 94.4 Å². The fourth-order valence-corrected chi connectivity index (χ4v) is 6.01. The largest absolute Gasteiger partial charge is 0.419 e. The highest BCUT2D eigenvalue weighted by atomic mass is 19.4. The van der Waals surface area contributed by atoms with E-state index in [0.717, 1.165) is 31.3 Å². The summed E-state index contributed by atoms with van der Waals surface area (Å²) >= 11 is 0. The van der Waals surface area contributed by atoms with Gasteiger partial charge in [-0.2, -0.15) is 26.3 Å². The van der Waals surface area contributed by atoms with Crippen molar-refractivity contribution in [3.8, 4) is 0 Å². The highest BCUT2D eigenvalue weighted by Crippen LogP contribution is 2.35. The number of ether oxygens (including phenoxy) is 1. The Balaban J connectivity index is 0.000000248. The van der Waals surface area contributed by atoms with Crippen LogP contribution in [-0.2, 0) is 17.1 Å². The molecule has 3 fully saturated rings. The molecule has 0 bridgehead atoms. The van der Waals surface area contributed by atoms with Gasteiger partial charge in [0.1, 0.15) is 11.6 Å². The fourth-order valence-electron chi connectivity index (χ4n) is 6.01. The number of nitro benzene ring substituents is 1. The molecule has 6 rings (SSSR count). The quantitative estimate of drug-likeness (QED) is 0.200. The zero-order valence-electron chi connectivity index (χ0n) is 27.1. The Kier molecular flexibility index (Phi) is 11.5. The number of carbonyl (C=O) groups excluding carboxylic acids is 1. The van der Waals surface area contributed by atoms with Crippen molar-refractivity contribution in [3.05, 3.63) is 93.0 Å². The molecular weight excluding hydrogens is 696 g/mol. The molecule has 3 aromatic carbocycles. The predicted molar refractivity (Wildman–Crippen MR) is 172 cm³/mol. The number of non-ortho nitro benzene ring substituents is 1. The number of amides is 1. The molecule has 0 aliphatic carbocycles. The van der Waals surface area contributed by atoms with Crippen LogP contribution in [0.25, 0.3) is 0 Å². The first-order valence-corrected chi connectivity index (χ1v) is 16.0. The Labute approximate surface area is 287 Å². The van der Waals surface area contributed by atoms with E-state index >= 15 is 0 Å². The molecule has 51 heavy (non-hydrogen) atoms. The molecule has 3 aromatic rings. The van der Waals surface area contributed by atoms with Gasteiger partial charge in [-0.05, 0) is 42.5 Å². The van der Waals surface area contributed by atoms with Crippen molar-refractivity contribution >= 4 is 28.7 Å².